The van der Waals surface area contributed by atoms with Crippen LogP contribution in [0.25, 0.3) is 0 Å². The van der Waals surface area contributed by atoms with Crippen LogP contribution in [0, 0.1) is 17.7 Å². The van der Waals surface area contributed by atoms with Gasteiger partial charge in [0.1, 0.15) is 12.4 Å². The van der Waals surface area contributed by atoms with Crippen molar-refractivity contribution in [2.45, 2.75) is 18.9 Å². The molecular formula is C15H15FN2O3. The molecule has 0 saturated heterocycles. The van der Waals surface area contributed by atoms with E-state index < -0.39 is 11.7 Å². The second kappa shape index (κ2) is 6.86. The van der Waals surface area contributed by atoms with Gasteiger partial charge < -0.3 is 15.7 Å². The number of aliphatic hydroxyl groups is 1. The van der Waals surface area contributed by atoms with Gasteiger partial charge in [-0.25, -0.2) is 4.39 Å². The molecule has 1 aliphatic rings. The van der Waals surface area contributed by atoms with Crippen molar-refractivity contribution < 1.29 is 19.1 Å². The molecule has 0 heterocycles. The summed E-state index contributed by atoms with van der Waals surface area (Å²) in [5, 5.41) is 13.6. The molecule has 21 heavy (non-hydrogen) atoms. The molecule has 0 aliphatic heterocycles. The predicted octanol–water partition coefficient (Wildman–Crippen LogP) is 0.178. The summed E-state index contributed by atoms with van der Waals surface area (Å²) >= 11 is 0. The Bertz CT molecular complexity index is 615. The minimum atomic E-state index is -0.722. The first-order valence-electron chi connectivity index (χ1n) is 6.57. The maximum Gasteiger partial charge on any atom is 0.254 e. The zero-order valence-corrected chi connectivity index (χ0v) is 11.3. The number of hydrogen-bond acceptors (Lipinski definition) is 3. The number of carbonyl (C=O) groups excluding carboxylic acids is 2. The molecule has 110 valence electrons. The Hall–Kier alpha value is -2.39. The van der Waals surface area contributed by atoms with E-state index in [0.29, 0.717) is 5.56 Å². The number of halogens is 1. The Morgan fingerprint density at radius 3 is 2.76 bits per heavy atom. The lowest BCUT2D eigenvalue weighted by atomic mass is 10.1. The molecule has 0 spiro atoms. The molecule has 0 aromatic heterocycles. The standard InChI is InChI=1S/C15H15FN2O3/c16-13-8-10(2-1-7-19)3-6-12(13)15(21)17-9-14(20)18-11-4-5-11/h3,6,8,11,19H,4-5,7,9H2,(H,17,21)(H,18,20). The highest BCUT2D eigenvalue weighted by Crippen LogP contribution is 2.18. The SMILES string of the molecule is O=C(CNC(=O)c1ccc(C#CCO)cc1F)NC1CC1. The molecule has 1 aliphatic carbocycles. The molecule has 5 nitrogen and oxygen atoms in total. The average Bonchev–Trinajstić information content (AvgIpc) is 3.26. The second-order valence-corrected chi connectivity index (χ2v) is 4.68. The van der Waals surface area contributed by atoms with Crippen molar-refractivity contribution in [2.75, 3.05) is 13.2 Å². The lowest BCUT2D eigenvalue weighted by Crippen LogP contribution is -2.38. The molecular weight excluding hydrogens is 275 g/mol. The van der Waals surface area contributed by atoms with Gasteiger partial charge >= 0.3 is 0 Å². The summed E-state index contributed by atoms with van der Waals surface area (Å²) in [6.07, 6.45) is 1.93. The highest BCUT2D eigenvalue weighted by Gasteiger charge is 2.23. The van der Waals surface area contributed by atoms with E-state index in [-0.39, 0.29) is 30.7 Å². The fourth-order valence-corrected chi connectivity index (χ4v) is 1.68. The Balaban J connectivity index is 1.93. The molecule has 0 unspecified atom stereocenters. The Labute approximate surface area is 121 Å². The topological polar surface area (TPSA) is 78.4 Å². The van der Waals surface area contributed by atoms with E-state index in [4.69, 9.17) is 5.11 Å². The summed E-state index contributed by atoms with van der Waals surface area (Å²) < 4.78 is 13.8. The number of rotatable bonds is 4. The first-order chi connectivity index (χ1) is 10.1. The van der Waals surface area contributed by atoms with Crippen LogP contribution < -0.4 is 10.6 Å². The lowest BCUT2D eigenvalue weighted by Gasteiger charge is -2.07. The monoisotopic (exact) mass is 290 g/mol. The van der Waals surface area contributed by atoms with Gasteiger partial charge in [0.05, 0.1) is 12.1 Å². The predicted molar refractivity (Wildman–Crippen MR) is 73.9 cm³/mol. The maximum atomic E-state index is 13.8. The zero-order chi connectivity index (χ0) is 15.2. The average molecular weight is 290 g/mol. The van der Waals surface area contributed by atoms with Crippen molar-refractivity contribution >= 4 is 11.8 Å². The summed E-state index contributed by atoms with van der Waals surface area (Å²) in [6, 6.07) is 4.10. The minimum absolute atomic E-state index is 0.149. The van der Waals surface area contributed by atoms with Gasteiger partial charge in [0, 0.05) is 11.6 Å². The molecule has 2 amide bonds. The molecule has 0 bridgehead atoms. The van der Waals surface area contributed by atoms with Crippen molar-refractivity contribution in [1.29, 1.82) is 0 Å². The number of hydrogen-bond donors (Lipinski definition) is 3. The van der Waals surface area contributed by atoms with Crippen LogP contribution in [0.1, 0.15) is 28.8 Å². The largest absolute Gasteiger partial charge is 0.384 e. The highest BCUT2D eigenvalue weighted by molar-refractivity contribution is 5.96. The van der Waals surface area contributed by atoms with Gasteiger partial charge in [0.15, 0.2) is 0 Å². The van der Waals surface area contributed by atoms with Gasteiger partial charge in [-0.15, -0.1) is 0 Å². The van der Waals surface area contributed by atoms with Crippen molar-refractivity contribution in [1.82, 2.24) is 10.6 Å². The molecule has 1 aromatic carbocycles. The molecule has 0 atom stereocenters. The number of benzene rings is 1. The molecule has 1 fully saturated rings. The van der Waals surface area contributed by atoms with Crippen LogP contribution in [0.3, 0.4) is 0 Å². The van der Waals surface area contributed by atoms with Crippen molar-refractivity contribution in [3.63, 3.8) is 0 Å². The molecule has 2 rings (SSSR count). The fraction of sp³-hybridized carbons (Fsp3) is 0.333. The smallest absolute Gasteiger partial charge is 0.254 e. The van der Waals surface area contributed by atoms with Crippen LogP contribution in [-0.4, -0.2) is 36.1 Å². The molecule has 3 N–H and O–H groups in total. The number of nitrogens with one attached hydrogen (secondary N) is 2. The van der Waals surface area contributed by atoms with Crippen molar-refractivity contribution in [2.24, 2.45) is 0 Å². The van der Waals surface area contributed by atoms with E-state index in [1.165, 1.54) is 12.1 Å². The lowest BCUT2D eigenvalue weighted by molar-refractivity contribution is -0.120. The summed E-state index contributed by atoms with van der Waals surface area (Å²) in [7, 11) is 0. The van der Waals surface area contributed by atoms with Gasteiger partial charge in [-0.05, 0) is 31.0 Å². The minimum Gasteiger partial charge on any atom is -0.384 e. The fourth-order valence-electron chi connectivity index (χ4n) is 1.68. The van der Waals surface area contributed by atoms with Gasteiger partial charge in [-0.1, -0.05) is 11.8 Å². The number of aliphatic hydroxyl groups excluding tert-OH is 1. The summed E-state index contributed by atoms with van der Waals surface area (Å²) in [5.41, 5.74) is 0.216. The molecule has 0 radical (unpaired) electrons. The van der Waals surface area contributed by atoms with Gasteiger partial charge in [0.25, 0.3) is 5.91 Å². The first-order valence-corrected chi connectivity index (χ1v) is 6.57. The van der Waals surface area contributed by atoms with Crippen LogP contribution in [0.2, 0.25) is 0 Å². The number of amides is 2. The zero-order valence-electron chi connectivity index (χ0n) is 11.3. The van der Waals surface area contributed by atoms with Crippen LogP contribution in [-0.2, 0) is 4.79 Å². The Morgan fingerprint density at radius 2 is 2.14 bits per heavy atom. The highest BCUT2D eigenvalue weighted by atomic mass is 19.1. The Morgan fingerprint density at radius 1 is 1.38 bits per heavy atom. The summed E-state index contributed by atoms with van der Waals surface area (Å²) in [6.45, 7) is -0.499. The summed E-state index contributed by atoms with van der Waals surface area (Å²) in [5.74, 6) is 3.28. The summed E-state index contributed by atoms with van der Waals surface area (Å²) in [4.78, 5) is 23.2. The molecule has 6 heteroatoms. The quantitative estimate of drug-likeness (QED) is 0.692. The maximum absolute atomic E-state index is 13.8. The van der Waals surface area contributed by atoms with E-state index in [2.05, 4.69) is 22.5 Å². The Kier molecular flexibility index (Phi) is 4.90. The van der Waals surface area contributed by atoms with Crippen molar-refractivity contribution in [3.8, 4) is 11.8 Å². The van der Waals surface area contributed by atoms with E-state index in [1.807, 2.05) is 0 Å². The van der Waals surface area contributed by atoms with E-state index in [1.54, 1.807) is 0 Å². The third-order valence-corrected chi connectivity index (χ3v) is 2.88. The molecule has 1 saturated carbocycles. The van der Waals surface area contributed by atoms with E-state index >= 15 is 0 Å². The van der Waals surface area contributed by atoms with Crippen molar-refractivity contribution in [3.05, 3.63) is 35.1 Å². The van der Waals surface area contributed by atoms with E-state index in [9.17, 15) is 14.0 Å². The third-order valence-electron chi connectivity index (χ3n) is 2.88. The van der Waals surface area contributed by atoms with E-state index in [0.717, 1.165) is 18.9 Å². The molecule has 1 aromatic rings. The van der Waals surface area contributed by atoms with Gasteiger partial charge in [-0.3, -0.25) is 9.59 Å². The first kappa shape index (κ1) is 15.0. The van der Waals surface area contributed by atoms with Crippen LogP contribution >= 0.6 is 0 Å². The van der Waals surface area contributed by atoms with Gasteiger partial charge in [-0.2, -0.15) is 0 Å². The number of carbonyl (C=O) groups is 2. The third kappa shape index (κ3) is 4.58. The van der Waals surface area contributed by atoms with Gasteiger partial charge in [0.2, 0.25) is 5.91 Å². The van der Waals surface area contributed by atoms with Crippen LogP contribution in [0.15, 0.2) is 18.2 Å². The second-order valence-electron chi connectivity index (χ2n) is 4.68. The normalized spacial score (nSPS) is 13.0. The van der Waals surface area contributed by atoms with Crippen LogP contribution in [0.4, 0.5) is 4.39 Å². The van der Waals surface area contributed by atoms with Crippen LogP contribution in [0.5, 0.6) is 0 Å².